The molecule has 1 aliphatic rings. The molecule has 0 bridgehead atoms. The molecule has 2 amide bonds. The number of fused-ring (bicyclic) bond motifs is 1. The second-order valence-electron chi connectivity index (χ2n) is 9.70. The first-order chi connectivity index (χ1) is 16.6. The number of anilines is 1. The van der Waals surface area contributed by atoms with Crippen LogP contribution in [0.15, 0.2) is 60.7 Å². The Morgan fingerprint density at radius 3 is 2.34 bits per heavy atom. The van der Waals surface area contributed by atoms with Crippen molar-refractivity contribution >= 4 is 40.7 Å². The molecule has 0 radical (unpaired) electrons. The number of carbonyl (C=O) groups is 2. The number of hydrogen-bond donors (Lipinski definition) is 3. The van der Waals surface area contributed by atoms with Crippen molar-refractivity contribution in [3.05, 3.63) is 98.5 Å². The number of nitrogens with one attached hydrogen (secondary N) is 3. The molecule has 1 atom stereocenters. The molecule has 1 heterocycles. The molecule has 0 saturated heterocycles. The first-order valence-electron chi connectivity index (χ1n) is 11.6. The van der Waals surface area contributed by atoms with Gasteiger partial charge in [0.1, 0.15) is 0 Å². The van der Waals surface area contributed by atoms with Crippen molar-refractivity contribution in [3.8, 4) is 0 Å². The summed E-state index contributed by atoms with van der Waals surface area (Å²) in [6, 6.07) is 18.4. The van der Waals surface area contributed by atoms with E-state index in [1.807, 2.05) is 76.2 Å². The predicted molar refractivity (Wildman–Crippen MR) is 142 cm³/mol. The molecule has 182 valence electrons. The van der Waals surface area contributed by atoms with Crippen LogP contribution in [0.5, 0.6) is 0 Å². The van der Waals surface area contributed by atoms with E-state index in [4.69, 9.17) is 23.2 Å². The number of hydrogen-bond acceptors (Lipinski definition) is 3. The Balaban J connectivity index is 1.91. The Labute approximate surface area is 216 Å². The molecule has 1 unspecified atom stereocenters. The third kappa shape index (κ3) is 4.68. The summed E-state index contributed by atoms with van der Waals surface area (Å²) in [6.07, 6.45) is 0.363. The zero-order chi connectivity index (χ0) is 25.4. The number of likely N-dealkylation sites (N-methyl/N-ethyl adjacent to an activating group) is 1. The Bertz CT molecular complexity index is 1300. The van der Waals surface area contributed by atoms with Gasteiger partial charge in [0.25, 0.3) is 11.8 Å². The zero-order valence-electron chi connectivity index (χ0n) is 20.3. The van der Waals surface area contributed by atoms with Crippen molar-refractivity contribution in [1.82, 2.24) is 10.6 Å². The Kier molecular flexibility index (Phi) is 6.96. The molecule has 0 spiro atoms. The molecule has 0 aliphatic carbocycles. The predicted octanol–water partition coefficient (Wildman–Crippen LogP) is 5.92. The Morgan fingerprint density at radius 1 is 0.971 bits per heavy atom. The van der Waals surface area contributed by atoms with Crippen LogP contribution >= 0.6 is 23.2 Å². The maximum absolute atomic E-state index is 13.6. The molecular weight excluding hydrogens is 481 g/mol. The van der Waals surface area contributed by atoms with E-state index in [-0.39, 0.29) is 17.4 Å². The molecule has 3 N–H and O–H groups in total. The summed E-state index contributed by atoms with van der Waals surface area (Å²) in [5.41, 5.74) is 2.61. The van der Waals surface area contributed by atoms with E-state index in [2.05, 4.69) is 16.0 Å². The van der Waals surface area contributed by atoms with Crippen LogP contribution in [0.2, 0.25) is 10.0 Å². The first kappa shape index (κ1) is 25.2. The summed E-state index contributed by atoms with van der Waals surface area (Å²) in [6.45, 7) is 8.30. The highest BCUT2D eigenvalue weighted by molar-refractivity contribution is 6.33. The highest BCUT2D eigenvalue weighted by Crippen LogP contribution is 2.47. The maximum Gasteiger partial charge on any atom is 0.254 e. The lowest BCUT2D eigenvalue weighted by molar-refractivity contribution is -0.120. The van der Waals surface area contributed by atoms with E-state index < -0.39 is 5.54 Å². The lowest BCUT2D eigenvalue weighted by atomic mass is 9.79. The van der Waals surface area contributed by atoms with Crippen LogP contribution < -0.4 is 16.0 Å². The molecule has 7 heteroatoms. The van der Waals surface area contributed by atoms with Gasteiger partial charge < -0.3 is 10.6 Å². The van der Waals surface area contributed by atoms with Gasteiger partial charge in [0.2, 0.25) is 0 Å². The van der Waals surface area contributed by atoms with E-state index in [1.165, 1.54) is 0 Å². The first-order valence-corrected chi connectivity index (χ1v) is 12.4. The zero-order valence-corrected chi connectivity index (χ0v) is 21.8. The number of amides is 2. The van der Waals surface area contributed by atoms with Crippen molar-refractivity contribution in [2.75, 3.05) is 11.9 Å². The number of halogens is 2. The van der Waals surface area contributed by atoms with Gasteiger partial charge in [0, 0.05) is 44.4 Å². The number of rotatable bonds is 6. The van der Waals surface area contributed by atoms with Crippen molar-refractivity contribution in [3.63, 3.8) is 0 Å². The minimum Gasteiger partial charge on any atom is -0.347 e. The van der Waals surface area contributed by atoms with Crippen LogP contribution in [0.1, 0.15) is 60.3 Å². The molecule has 4 rings (SSSR count). The van der Waals surface area contributed by atoms with Crippen LogP contribution in [0.4, 0.5) is 5.69 Å². The molecule has 0 fully saturated rings. The summed E-state index contributed by atoms with van der Waals surface area (Å²) in [5, 5.41) is 10.5. The quantitative estimate of drug-likeness (QED) is 0.386. The number of benzene rings is 3. The third-order valence-electron chi connectivity index (χ3n) is 6.06. The van der Waals surface area contributed by atoms with E-state index in [0.717, 1.165) is 16.7 Å². The SMILES string of the molecule is CCNC1(c2ccccc2Cl)C(=O)Nc2ccc(Cl)c(Cc3ccccc3C(=O)NC(C)(C)C)c21. The van der Waals surface area contributed by atoms with Gasteiger partial charge in [-0.25, -0.2) is 0 Å². The van der Waals surface area contributed by atoms with Gasteiger partial charge >= 0.3 is 0 Å². The summed E-state index contributed by atoms with van der Waals surface area (Å²) >= 11 is 13.4. The summed E-state index contributed by atoms with van der Waals surface area (Å²) in [4.78, 5) is 26.7. The number of carbonyl (C=O) groups excluding carboxylic acids is 2. The highest BCUT2D eigenvalue weighted by Gasteiger charge is 2.50. The highest BCUT2D eigenvalue weighted by atomic mass is 35.5. The lowest BCUT2D eigenvalue weighted by Crippen LogP contribution is -2.49. The smallest absolute Gasteiger partial charge is 0.254 e. The van der Waals surface area contributed by atoms with Gasteiger partial charge in [0.15, 0.2) is 5.54 Å². The fourth-order valence-electron chi connectivity index (χ4n) is 4.70. The van der Waals surface area contributed by atoms with E-state index in [0.29, 0.717) is 39.8 Å². The normalized spacial score (nSPS) is 17.1. The molecule has 0 aromatic heterocycles. The van der Waals surface area contributed by atoms with Crippen LogP contribution in [-0.2, 0) is 16.8 Å². The fourth-order valence-corrected chi connectivity index (χ4v) is 5.20. The molecule has 1 aliphatic heterocycles. The van der Waals surface area contributed by atoms with Crippen LogP contribution in [0.25, 0.3) is 0 Å². The summed E-state index contributed by atoms with van der Waals surface area (Å²) in [5.74, 6) is -0.375. The fraction of sp³-hybridized carbons (Fsp3) is 0.286. The average Bonchev–Trinajstić information content (AvgIpc) is 3.07. The molecule has 0 saturated carbocycles. The van der Waals surface area contributed by atoms with Crippen molar-refractivity contribution in [2.45, 2.75) is 45.2 Å². The topological polar surface area (TPSA) is 70.2 Å². The van der Waals surface area contributed by atoms with Gasteiger partial charge in [-0.05, 0) is 62.7 Å². The van der Waals surface area contributed by atoms with Gasteiger partial charge in [-0.2, -0.15) is 0 Å². The maximum atomic E-state index is 13.6. The largest absolute Gasteiger partial charge is 0.347 e. The Morgan fingerprint density at radius 2 is 1.66 bits per heavy atom. The Hall–Kier alpha value is -2.86. The molecule has 35 heavy (non-hydrogen) atoms. The van der Waals surface area contributed by atoms with Crippen LogP contribution in [0.3, 0.4) is 0 Å². The second-order valence-corrected chi connectivity index (χ2v) is 10.5. The van der Waals surface area contributed by atoms with E-state index in [1.54, 1.807) is 12.1 Å². The summed E-state index contributed by atoms with van der Waals surface area (Å²) in [7, 11) is 0. The van der Waals surface area contributed by atoms with Gasteiger partial charge in [-0.15, -0.1) is 0 Å². The van der Waals surface area contributed by atoms with E-state index in [9.17, 15) is 9.59 Å². The monoisotopic (exact) mass is 509 g/mol. The third-order valence-corrected chi connectivity index (χ3v) is 6.74. The van der Waals surface area contributed by atoms with Gasteiger partial charge in [0.05, 0.1) is 0 Å². The van der Waals surface area contributed by atoms with Crippen molar-refractivity contribution < 1.29 is 9.59 Å². The van der Waals surface area contributed by atoms with E-state index >= 15 is 0 Å². The molecule has 3 aromatic rings. The molecule has 5 nitrogen and oxygen atoms in total. The standard InChI is InChI=1S/C28H29Cl2N3O2/c1-5-31-28(20-12-8-9-13-22(20)30)24-19(21(29)14-15-23(24)32-26(28)35)16-17-10-6-7-11-18(17)25(34)33-27(2,3)4/h6-15,31H,5,16H2,1-4H3,(H,32,35)(H,33,34). The van der Waals surface area contributed by atoms with Crippen molar-refractivity contribution in [1.29, 1.82) is 0 Å². The lowest BCUT2D eigenvalue weighted by Gasteiger charge is -2.32. The van der Waals surface area contributed by atoms with Crippen LogP contribution in [0, 0.1) is 0 Å². The summed E-state index contributed by atoms with van der Waals surface area (Å²) < 4.78 is 0. The minimum absolute atomic E-state index is 0.157. The van der Waals surface area contributed by atoms with Crippen molar-refractivity contribution in [2.24, 2.45) is 0 Å². The van der Waals surface area contributed by atoms with Gasteiger partial charge in [-0.3, -0.25) is 14.9 Å². The molecule has 3 aromatic carbocycles. The second kappa shape index (κ2) is 9.65. The van der Waals surface area contributed by atoms with Gasteiger partial charge in [-0.1, -0.05) is 66.5 Å². The average molecular weight is 510 g/mol. The minimum atomic E-state index is -1.22. The molecular formula is C28H29Cl2N3O2. The van der Waals surface area contributed by atoms with Crippen LogP contribution in [-0.4, -0.2) is 23.9 Å².